The number of aliphatic hydroxyl groups is 1. The zero-order chi connectivity index (χ0) is 32.0. The number of carbonyl (C=O) groups excluding carboxylic acids is 3. The Morgan fingerprint density at radius 3 is 2.48 bits per heavy atom. The molecular weight excluding hydrogens is 568 g/mol. The molecule has 3 atom stereocenters. The van der Waals surface area contributed by atoms with Crippen LogP contribution in [0.2, 0.25) is 0 Å². The van der Waals surface area contributed by atoms with Crippen molar-refractivity contribution in [3.8, 4) is 11.5 Å². The first-order chi connectivity index (χ1) is 21.0. The summed E-state index contributed by atoms with van der Waals surface area (Å²) in [4.78, 5) is 42.5. The number of methoxy groups -OCH3 is 1. The average molecular weight is 609 g/mol. The number of aliphatic hydroxyl groups excluding tert-OH is 1. The summed E-state index contributed by atoms with van der Waals surface area (Å²) >= 11 is 0. The molecule has 4 rings (SSSR count). The van der Waals surface area contributed by atoms with Crippen LogP contribution in [0.1, 0.15) is 30.9 Å². The number of aromatic nitrogens is 1. The smallest absolute Gasteiger partial charge is 0.323 e. The average Bonchev–Trinajstić information content (AvgIpc) is 3.33. The maximum Gasteiger partial charge on any atom is 0.323 e. The monoisotopic (exact) mass is 608 g/mol. The fourth-order valence-corrected chi connectivity index (χ4v) is 4.91. The molecule has 4 N–H and O–H groups in total. The lowest BCUT2D eigenvalue weighted by atomic mass is 10.0. The van der Waals surface area contributed by atoms with Crippen molar-refractivity contribution < 1.29 is 33.5 Å². The zero-order valence-electron chi connectivity index (χ0n) is 25.8. The van der Waals surface area contributed by atoms with Gasteiger partial charge in [-0.05, 0) is 63.2 Å². The SMILES string of the molecule is COc1ccc(NC(=O)N(C)C[C@H]2Oc3ccc(NC(=O)Nc4c(C)noc4C)cc3CC(=O)N([C@H](C)CO)C[C@@H]2C)cc1. The fraction of sp³-hybridized carbons (Fsp3) is 0.419. The number of urea groups is 2. The van der Waals surface area contributed by atoms with Gasteiger partial charge in [0.25, 0.3) is 0 Å². The molecule has 0 spiro atoms. The van der Waals surface area contributed by atoms with Crippen molar-refractivity contribution in [1.29, 1.82) is 0 Å². The Morgan fingerprint density at radius 1 is 1.14 bits per heavy atom. The van der Waals surface area contributed by atoms with Gasteiger partial charge in [0.05, 0.1) is 32.7 Å². The van der Waals surface area contributed by atoms with Gasteiger partial charge in [0.15, 0.2) is 5.76 Å². The van der Waals surface area contributed by atoms with E-state index in [1.54, 1.807) is 82.3 Å². The first kappa shape index (κ1) is 32.1. The van der Waals surface area contributed by atoms with Gasteiger partial charge in [-0.3, -0.25) is 4.79 Å². The number of fused-ring (bicyclic) bond motifs is 1. The van der Waals surface area contributed by atoms with Gasteiger partial charge in [0.1, 0.15) is 29.0 Å². The molecule has 13 heteroatoms. The molecule has 1 aliphatic rings. The van der Waals surface area contributed by atoms with Gasteiger partial charge in [-0.1, -0.05) is 12.1 Å². The summed E-state index contributed by atoms with van der Waals surface area (Å²) in [5, 5.41) is 22.1. The summed E-state index contributed by atoms with van der Waals surface area (Å²) in [5.41, 5.74) is 2.65. The van der Waals surface area contributed by atoms with Crippen molar-refractivity contribution in [3.05, 3.63) is 59.5 Å². The normalized spacial score (nSPS) is 17.2. The molecule has 0 aliphatic carbocycles. The van der Waals surface area contributed by atoms with Crippen molar-refractivity contribution >= 4 is 35.0 Å². The number of hydrogen-bond donors (Lipinski definition) is 4. The van der Waals surface area contributed by atoms with Gasteiger partial charge in [0, 0.05) is 36.4 Å². The second-order valence-corrected chi connectivity index (χ2v) is 11.0. The fourth-order valence-electron chi connectivity index (χ4n) is 4.91. The zero-order valence-corrected chi connectivity index (χ0v) is 25.8. The molecule has 0 fully saturated rings. The van der Waals surface area contributed by atoms with Crippen LogP contribution in [-0.4, -0.2) is 84.0 Å². The number of aryl methyl sites for hydroxylation is 2. The molecule has 5 amide bonds. The summed E-state index contributed by atoms with van der Waals surface area (Å²) in [7, 11) is 3.25. The van der Waals surface area contributed by atoms with Crippen LogP contribution in [0, 0.1) is 19.8 Å². The highest BCUT2D eigenvalue weighted by atomic mass is 16.5. The van der Waals surface area contributed by atoms with Crippen molar-refractivity contribution in [1.82, 2.24) is 15.0 Å². The highest BCUT2D eigenvalue weighted by Gasteiger charge is 2.32. The molecule has 13 nitrogen and oxygen atoms in total. The van der Waals surface area contributed by atoms with Gasteiger partial charge < -0.3 is 44.9 Å². The predicted molar refractivity (Wildman–Crippen MR) is 165 cm³/mol. The van der Waals surface area contributed by atoms with Crippen molar-refractivity contribution in [2.75, 3.05) is 49.8 Å². The number of hydrogen-bond acceptors (Lipinski definition) is 8. The number of nitrogens with one attached hydrogen (secondary N) is 3. The summed E-state index contributed by atoms with van der Waals surface area (Å²) < 4.78 is 16.8. The maximum absolute atomic E-state index is 13.5. The predicted octanol–water partition coefficient (Wildman–Crippen LogP) is 4.26. The van der Waals surface area contributed by atoms with Gasteiger partial charge in [-0.2, -0.15) is 0 Å². The van der Waals surface area contributed by atoms with Gasteiger partial charge in [-0.25, -0.2) is 9.59 Å². The van der Waals surface area contributed by atoms with Crippen molar-refractivity contribution in [3.63, 3.8) is 0 Å². The summed E-state index contributed by atoms with van der Waals surface area (Å²) in [6.07, 6.45) is -0.505. The molecule has 0 bridgehead atoms. The lowest BCUT2D eigenvalue weighted by Gasteiger charge is -2.34. The third-order valence-electron chi connectivity index (χ3n) is 7.59. The molecule has 2 heterocycles. The van der Waals surface area contributed by atoms with Crippen LogP contribution in [0.5, 0.6) is 11.5 Å². The van der Waals surface area contributed by atoms with Crippen LogP contribution < -0.4 is 25.4 Å². The third-order valence-corrected chi connectivity index (χ3v) is 7.59. The first-order valence-corrected chi connectivity index (χ1v) is 14.4. The van der Waals surface area contributed by atoms with E-state index in [1.165, 1.54) is 4.90 Å². The molecule has 0 radical (unpaired) electrons. The van der Waals surface area contributed by atoms with E-state index in [0.29, 0.717) is 52.1 Å². The number of rotatable bonds is 8. The van der Waals surface area contributed by atoms with Crippen LogP contribution in [-0.2, 0) is 11.2 Å². The number of benzene rings is 2. The number of amides is 5. The second kappa shape index (κ2) is 14.1. The molecule has 0 saturated carbocycles. The number of carbonyl (C=O) groups is 3. The Balaban J connectivity index is 1.55. The molecule has 2 aromatic carbocycles. The number of nitrogens with zero attached hydrogens (tertiary/aromatic N) is 3. The molecule has 0 saturated heterocycles. The Hall–Kier alpha value is -4.78. The van der Waals surface area contributed by atoms with E-state index < -0.39 is 18.2 Å². The van der Waals surface area contributed by atoms with Gasteiger partial charge in [-0.15, -0.1) is 0 Å². The number of likely N-dealkylation sites (N-methyl/N-ethyl adjacent to an activating group) is 1. The minimum absolute atomic E-state index is 0.00604. The van der Waals surface area contributed by atoms with E-state index in [4.69, 9.17) is 14.0 Å². The van der Waals surface area contributed by atoms with Crippen LogP contribution in [0.25, 0.3) is 0 Å². The van der Waals surface area contributed by atoms with E-state index in [-0.39, 0.29) is 37.4 Å². The molecular formula is C31H40N6O7. The quantitative estimate of drug-likeness (QED) is 0.295. The second-order valence-electron chi connectivity index (χ2n) is 11.0. The number of ether oxygens (including phenoxy) is 2. The van der Waals surface area contributed by atoms with E-state index in [9.17, 15) is 19.5 Å². The van der Waals surface area contributed by atoms with Gasteiger partial charge >= 0.3 is 12.1 Å². The highest BCUT2D eigenvalue weighted by Crippen LogP contribution is 2.30. The Kier molecular flexibility index (Phi) is 10.3. The topological polar surface area (TPSA) is 158 Å². The first-order valence-electron chi connectivity index (χ1n) is 14.4. The van der Waals surface area contributed by atoms with Crippen LogP contribution >= 0.6 is 0 Å². The molecule has 3 aromatic rings. The summed E-state index contributed by atoms with van der Waals surface area (Å²) in [5.74, 6) is 1.24. The Bertz CT molecular complexity index is 1460. The lowest BCUT2D eigenvalue weighted by molar-refractivity contribution is -0.134. The van der Waals surface area contributed by atoms with Crippen LogP contribution in [0.4, 0.5) is 26.7 Å². The molecule has 0 unspecified atom stereocenters. The minimum Gasteiger partial charge on any atom is -0.497 e. The number of anilines is 3. The molecule has 44 heavy (non-hydrogen) atoms. The molecule has 236 valence electrons. The van der Waals surface area contributed by atoms with E-state index in [2.05, 4.69) is 21.1 Å². The Labute approximate surface area is 256 Å². The van der Waals surface area contributed by atoms with Crippen LogP contribution in [0.15, 0.2) is 47.0 Å². The Morgan fingerprint density at radius 2 is 1.84 bits per heavy atom. The minimum atomic E-state index is -0.499. The maximum atomic E-state index is 13.5. The van der Waals surface area contributed by atoms with E-state index >= 15 is 0 Å². The third kappa shape index (κ3) is 7.78. The van der Waals surface area contributed by atoms with Gasteiger partial charge in [0.2, 0.25) is 5.91 Å². The lowest BCUT2D eigenvalue weighted by Crippen LogP contribution is -2.48. The summed E-state index contributed by atoms with van der Waals surface area (Å²) in [6.45, 7) is 7.49. The standard InChI is InChI=1S/C31H40N6O7/c1-18-15-37(19(2)17-38)28(39)14-22-13-24(32-30(40)34-29-20(3)35-44-21(29)4)9-12-26(22)43-27(18)16-36(5)31(41)33-23-7-10-25(42-6)11-8-23/h7-13,18-19,27,38H,14-17H2,1-6H3,(H,33,41)(H2,32,34,40)/t18-,19+,27+/m0/s1. The van der Waals surface area contributed by atoms with E-state index in [0.717, 1.165) is 0 Å². The van der Waals surface area contributed by atoms with E-state index in [1.807, 2.05) is 6.92 Å². The molecule has 1 aliphatic heterocycles. The largest absolute Gasteiger partial charge is 0.497 e. The van der Waals surface area contributed by atoms with Crippen molar-refractivity contribution in [2.24, 2.45) is 5.92 Å². The highest BCUT2D eigenvalue weighted by molar-refractivity contribution is 6.00. The summed E-state index contributed by atoms with van der Waals surface area (Å²) in [6, 6.07) is 10.8. The van der Waals surface area contributed by atoms with Crippen LogP contribution in [0.3, 0.4) is 0 Å². The molecule has 1 aromatic heterocycles. The van der Waals surface area contributed by atoms with Crippen molar-refractivity contribution in [2.45, 2.75) is 46.3 Å².